The van der Waals surface area contributed by atoms with E-state index in [4.69, 9.17) is 14.5 Å². The van der Waals surface area contributed by atoms with Crippen LogP contribution in [-0.2, 0) is 9.26 Å². The lowest BCUT2D eigenvalue weighted by molar-refractivity contribution is 0.0929. The van der Waals surface area contributed by atoms with Crippen molar-refractivity contribution in [2.24, 2.45) is 0 Å². The van der Waals surface area contributed by atoms with Gasteiger partial charge in [-0.3, -0.25) is 0 Å². The first-order valence-electron chi connectivity index (χ1n) is 3.66. The van der Waals surface area contributed by atoms with Gasteiger partial charge in [-0.15, -0.1) is 0 Å². The van der Waals surface area contributed by atoms with Crippen molar-refractivity contribution in [3.05, 3.63) is 0 Å². The Morgan fingerprint density at radius 2 is 1.91 bits per heavy atom. The van der Waals surface area contributed by atoms with Gasteiger partial charge in [0.15, 0.2) is 0 Å². The highest BCUT2D eigenvalue weighted by molar-refractivity contribution is 7.39. The van der Waals surface area contributed by atoms with Crippen LogP contribution < -0.4 is 0 Å². The van der Waals surface area contributed by atoms with Crippen LogP contribution in [0.3, 0.4) is 0 Å². The zero-order valence-corrected chi connectivity index (χ0v) is 7.59. The van der Waals surface area contributed by atoms with Gasteiger partial charge < -0.3 is 19.0 Å². The van der Waals surface area contributed by atoms with Crippen molar-refractivity contribution in [1.82, 2.24) is 0 Å². The van der Waals surface area contributed by atoms with Crippen LogP contribution in [0.15, 0.2) is 0 Å². The molecule has 0 heterocycles. The van der Waals surface area contributed by atoms with Crippen molar-refractivity contribution < 1.29 is 19.0 Å². The highest BCUT2D eigenvalue weighted by atomic mass is 31.2. The Kier molecular flexibility index (Phi) is 8.57. The van der Waals surface area contributed by atoms with Crippen molar-refractivity contribution in [2.75, 3.05) is 19.8 Å². The van der Waals surface area contributed by atoms with E-state index in [-0.39, 0.29) is 6.61 Å². The van der Waals surface area contributed by atoms with Gasteiger partial charge in [-0.2, -0.15) is 0 Å². The van der Waals surface area contributed by atoms with Gasteiger partial charge in [0.25, 0.3) is 0 Å². The van der Waals surface area contributed by atoms with Crippen LogP contribution >= 0.6 is 8.60 Å². The second-order valence-corrected chi connectivity index (χ2v) is 2.82. The molecule has 0 bridgehead atoms. The third-order valence-electron chi connectivity index (χ3n) is 1.08. The normalized spacial score (nSPS) is 10.9. The van der Waals surface area contributed by atoms with Gasteiger partial charge in [0.2, 0.25) is 0 Å². The molecular weight excluding hydrogens is 167 g/mol. The molecule has 0 atom stereocenters. The highest BCUT2D eigenvalue weighted by Crippen LogP contribution is 2.23. The van der Waals surface area contributed by atoms with E-state index in [1.807, 2.05) is 0 Å². The quantitative estimate of drug-likeness (QED) is 0.456. The maximum atomic E-state index is 8.30. The van der Waals surface area contributed by atoms with E-state index in [0.29, 0.717) is 13.2 Å². The summed E-state index contributed by atoms with van der Waals surface area (Å²) in [6.07, 6.45) is 2.14. The number of rotatable bonds is 7. The lowest BCUT2D eigenvalue weighted by Gasteiger charge is -2.04. The van der Waals surface area contributed by atoms with E-state index in [0.717, 1.165) is 12.8 Å². The molecule has 11 heavy (non-hydrogen) atoms. The Morgan fingerprint density at radius 3 is 2.45 bits per heavy atom. The SMILES string of the molecule is CCCCOCCOP(O)O. The van der Waals surface area contributed by atoms with Crippen LogP contribution in [0.25, 0.3) is 0 Å². The summed E-state index contributed by atoms with van der Waals surface area (Å²) in [4.78, 5) is 16.6. The smallest absolute Gasteiger partial charge is 0.327 e. The second-order valence-electron chi connectivity index (χ2n) is 2.05. The van der Waals surface area contributed by atoms with E-state index < -0.39 is 8.60 Å². The first-order chi connectivity index (χ1) is 5.27. The summed E-state index contributed by atoms with van der Waals surface area (Å²) in [5, 5.41) is 0. The molecule has 0 saturated heterocycles. The van der Waals surface area contributed by atoms with Crippen LogP contribution in [0.4, 0.5) is 0 Å². The average Bonchev–Trinajstić information content (AvgIpc) is 1.96. The molecule has 4 nitrogen and oxygen atoms in total. The fourth-order valence-corrected chi connectivity index (χ4v) is 0.764. The monoisotopic (exact) mass is 182 g/mol. The lowest BCUT2D eigenvalue weighted by Crippen LogP contribution is -2.02. The summed E-state index contributed by atoms with van der Waals surface area (Å²) < 4.78 is 9.56. The molecule has 2 N–H and O–H groups in total. The van der Waals surface area contributed by atoms with Gasteiger partial charge in [0.05, 0.1) is 13.2 Å². The number of hydrogen-bond donors (Lipinski definition) is 2. The minimum Gasteiger partial charge on any atom is -0.379 e. The fraction of sp³-hybridized carbons (Fsp3) is 1.00. The molecule has 0 aromatic carbocycles. The molecule has 0 saturated carbocycles. The maximum Gasteiger partial charge on any atom is 0.327 e. The maximum absolute atomic E-state index is 8.30. The molecular formula is C6H15O4P. The van der Waals surface area contributed by atoms with Gasteiger partial charge in [-0.05, 0) is 6.42 Å². The molecule has 0 aliphatic heterocycles. The van der Waals surface area contributed by atoms with Crippen molar-refractivity contribution in [2.45, 2.75) is 19.8 Å². The molecule has 0 fully saturated rings. The van der Waals surface area contributed by atoms with Gasteiger partial charge in [-0.1, -0.05) is 13.3 Å². The molecule has 68 valence electrons. The summed E-state index contributed by atoms with van der Waals surface area (Å²) in [6, 6.07) is 0. The van der Waals surface area contributed by atoms with Crippen LogP contribution in [-0.4, -0.2) is 29.6 Å². The lowest BCUT2D eigenvalue weighted by atomic mass is 10.4. The van der Waals surface area contributed by atoms with Crippen LogP contribution in [0, 0.1) is 0 Å². The highest BCUT2D eigenvalue weighted by Gasteiger charge is 1.96. The number of ether oxygens (including phenoxy) is 1. The Hall–Kier alpha value is 0.270. The molecule has 0 aromatic heterocycles. The fourth-order valence-electron chi connectivity index (χ4n) is 0.526. The molecule has 0 aliphatic rings. The predicted octanol–water partition coefficient (Wildman–Crippen LogP) is 1.03. The average molecular weight is 182 g/mol. The van der Waals surface area contributed by atoms with E-state index >= 15 is 0 Å². The predicted molar refractivity (Wildman–Crippen MR) is 43.0 cm³/mol. The minimum absolute atomic E-state index is 0.252. The van der Waals surface area contributed by atoms with Crippen molar-refractivity contribution in [3.8, 4) is 0 Å². The van der Waals surface area contributed by atoms with Crippen LogP contribution in [0.2, 0.25) is 0 Å². The Balaban J connectivity index is 2.80. The molecule has 0 spiro atoms. The Bertz CT molecular complexity index is 79.0. The summed E-state index contributed by atoms with van der Waals surface area (Å²) in [5.41, 5.74) is 0. The van der Waals surface area contributed by atoms with Crippen LogP contribution in [0.1, 0.15) is 19.8 Å². The van der Waals surface area contributed by atoms with Crippen molar-refractivity contribution in [1.29, 1.82) is 0 Å². The van der Waals surface area contributed by atoms with Gasteiger partial charge in [0.1, 0.15) is 0 Å². The summed E-state index contributed by atoms with van der Waals surface area (Å²) in [7, 11) is -2.20. The second kappa shape index (κ2) is 8.37. The van der Waals surface area contributed by atoms with E-state index in [2.05, 4.69) is 11.4 Å². The summed E-state index contributed by atoms with van der Waals surface area (Å²) in [6.45, 7) is 3.48. The number of unbranched alkanes of at least 4 members (excludes halogenated alkanes) is 1. The molecule has 0 aromatic rings. The largest absolute Gasteiger partial charge is 0.379 e. The van der Waals surface area contributed by atoms with E-state index in [9.17, 15) is 0 Å². The first-order valence-corrected chi connectivity index (χ1v) is 4.82. The minimum atomic E-state index is -2.20. The van der Waals surface area contributed by atoms with Gasteiger partial charge in [-0.25, -0.2) is 0 Å². The number of hydrogen-bond acceptors (Lipinski definition) is 4. The first kappa shape index (κ1) is 11.3. The summed E-state index contributed by atoms with van der Waals surface area (Å²) >= 11 is 0. The molecule has 0 unspecified atom stereocenters. The third-order valence-corrected chi connectivity index (χ3v) is 1.49. The van der Waals surface area contributed by atoms with Crippen molar-refractivity contribution in [3.63, 3.8) is 0 Å². The Labute approximate surface area is 68.1 Å². The van der Waals surface area contributed by atoms with Gasteiger partial charge >= 0.3 is 8.60 Å². The molecule has 0 radical (unpaired) electrons. The standard InChI is InChI=1S/C6H15O4P/c1-2-3-4-9-5-6-10-11(7)8/h7-8H,2-6H2,1H3. The van der Waals surface area contributed by atoms with Gasteiger partial charge in [0, 0.05) is 6.61 Å². The van der Waals surface area contributed by atoms with Crippen LogP contribution in [0.5, 0.6) is 0 Å². The zero-order valence-electron chi connectivity index (χ0n) is 6.69. The van der Waals surface area contributed by atoms with E-state index in [1.54, 1.807) is 0 Å². The molecule has 0 rings (SSSR count). The Morgan fingerprint density at radius 1 is 1.18 bits per heavy atom. The third kappa shape index (κ3) is 10.3. The zero-order chi connectivity index (χ0) is 8.53. The molecule has 5 heteroatoms. The topological polar surface area (TPSA) is 58.9 Å². The summed E-state index contributed by atoms with van der Waals surface area (Å²) in [5.74, 6) is 0. The molecule has 0 amide bonds. The van der Waals surface area contributed by atoms with Crippen molar-refractivity contribution >= 4 is 8.60 Å². The van der Waals surface area contributed by atoms with E-state index in [1.165, 1.54) is 0 Å². The molecule has 0 aliphatic carbocycles.